The molecule has 3 aromatic rings. The Hall–Kier alpha value is -2.83. The van der Waals surface area contributed by atoms with Gasteiger partial charge in [-0.25, -0.2) is 9.50 Å². The first kappa shape index (κ1) is 13.2. The fraction of sp³-hybridized carbons (Fsp3) is 0.214. The van der Waals surface area contributed by atoms with Gasteiger partial charge in [-0.1, -0.05) is 0 Å². The van der Waals surface area contributed by atoms with E-state index in [-0.39, 0.29) is 17.8 Å². The molecule has 0 aliphatic rings. The van der Waals surface area contributed by atoms with E-state index in [1.807, 2.05) is 32.0 Å². The molecule has 0 radical (unpaired) electrons. The zero-order valence-electron chi connectivity index (χ0n) is 11.7. The van der Waals surface area contributed by atoms with Crippen molar-refractivity contribution >= 4 is 11.7 Å². The number of aromatic nitrogens is 5. The number of fused-ring (bicyclic) bond motifs is 1. The molecule has 0 spiro atoms. The van der Waals surface area contributed by atoms with Crippen LogP contribution >= 0.6 is 0 Å². The van der Waals surface area contributed by atoms with Crippen molar-refractivity contribution in [3.05, 3.63) is 53.9 Å². The van der Waals surface area contributed by atoms with Crippen LogP contribution in [-0.2, 0) is 0 Å². The lowest BCUT2D eigenvalue weighted by Gasteiger charge is -2.12. The molecular formula is C14H14N6O. The summed E-state index contributed by atoms with van der Waals surface area (Å²) in [6, 6.07) is 5.37. The first-order valence-corrected chi connectivity index (χ1v) is 6.54. The maximum atomic E-state index is 12.2. The SMILES string of the molecule is Cc1ccnc2nc(C(=O)NC(C)c3ccncc3)nn12. The molecule has 0 aliphatic carbocycles. The van der Waals surface area contributed by atoms with Crippen LogP contribution in [-0.4, -0.2) is 30.5 Å². The van der Waals surface area contributed by atoms with Crippen LogP contribution in [0.2, 0.25) is 0 Å². The third-order valence-electron chi connectivity index (χ3n) is 3.19. The summed E-state index contributed by atoms with van der Waals surface area (Å²) >= 11 is 0. The van der Waals surface area contributed by atoms with E-state index in [9.17, 15) is 4.79 Å². The maximum absolute atomic E-state index is 12.2. The number of hydrogen-bond acceptors (Lipinski definition) is 5. The van der Waals surface area contributed by atoms with Gasteiger partial charge in [0.25, 0.3) is 11.7 Å². The third-order valence-corrected chi connectivity index (χ3v) is 3.19. The molecule has 7 heteroatoms. The van der Waals surface area contributed by atoms with Crippen LogP contribution in [0, 0.1) is 6.92 Å². The topological polar surface area (TPSA) is 85.1 Å². The number of rotatable bonds is 3. The summed E-state index contributed by atoms with van der Waals surface area (Å²) in [5, 5.41) is 7.04. The Balaban J connectivity index is 1.82. The third kappa shape index (κ3) is 2.58. The second kappa shape index (κ2) is 5.28. The van der Waals surface area contributed by atoms with Crippen molar-refractivity contribution in [1.29, 1.82) is 0 Å². The lowest BCUT2D eigenvalue weighted by molar-refractivity contribution is 0.0929. The molecular weight excluding hydrogens is 268 g/mol. The van der Waals surface area contributed by atoms with E-state index < -0.39 is 0 Å². The van der Waals surface area contributed by atoms with Crippen molar-refractivity contribution in [3.63, 3.8) is 0 Å². The fourth-order valence-corrected chi connectivity index (χ4v) is 2.00. The minimum absolute atomic E-state index is 0.109. The molecule has 3 aromatic heterocycles. The first-order chi connectivity index (χ1) is 10.1. The highest BCUT2D eigenvalue weighted by atomic mass is 16.2. The Morgan fingerprint density at radius 3 is 2.71 bits per heavy atom. The van der Waals surface area contributed by atoms with E-state index in [0.717, 1.165) is 11.3 Å². The van der Waals surface area contributed by atoms with Gasteiger partial charge in [-0.2, -0.15) is 4.98 Å². The largest absolute Gasteiger partial charge is 0.343 e. The van der Waals surface area contributed by atoms with Gasteiger partial charge in [0.1, 0.15) is 0 Å². The van der Waals surface area contributed by atoms with Gasteiger partial charge in [0.2, 0.25) is 5.82 Å². The molecule has 0 aromatic carbocycles. The molecule has 0 saturated carbocycles. The monoisotopic (exact) mass is 282 g/mol. The van der Waals surface area contributed by atoms with E-state index in [4.69, 9.17) is 0 Å². The van der Waals surface area contributed by atoms with E-state index in [1.165, 1.54) is 0 Å². The Morgan fingerprint density at radius 1 is 1.24 bits per heavy atom. The molecule has 1 amide bonds. The molecule has 1 atom stereocenters. The number of nitrogens with zero attached hydrogens (tertiary/aromatic N) is 5. The summed E-state index contributed by atoms with van der Waals surface area (Å²) in [4.78, 5) is 24.4. The summed E-state index contributed by atoms with van der Waals surface area (Å²) < 4.78 is 1.55. The number of aryl methyl sites for hydroxylation is 1. The predicted molar refractivity (Wildman–Crippen MR) is 75.6 cm³/mol. The van der Waals surface area contributed by atoms with E-state index in [1.54, 1.807) is 23.1 Å². The van der Waals surface area contributed by atoms with E-state index in [0.29, 0.717) is 5.78 Å². The number of nitrogens with one attached hydrogen (secondary N) is 1. The molecule has 7 nitrogen and oxygen atoms in total. The molecule has 0 bridgehead atoms. The molecule has 0 fully saturated rings. The number of carbonyl (C=O) groups is 1. The van der Waals surface area contributed by atoms with Crippen molar-refractivity contribution < 1.29 is 4.79 Å². The standard InChI is InChI=1S/C14H14N6O/c1-9-3-8-16-14-18-12(19-20(9)14)13(21)17-10(2)11-4-6-15-7-5-11/h3-8,10H,1-2H3,(H,17,21). The molecule has 106 valence electrons. The molecule has 21 heavy (non-hydrogen) atoms. The fourth-order valence-electron chi connectivity index (χ4n) is 2.00. The lowest BCUT2D eigenvalue weighted by atomic mass is 10.1. The molecule has 3 rings (SSSR count). The summed E-state index contributed by atoms with van der Waals surface area (Å²) in [6.45, 7) is 3.77. The van der Waals surface area contributed by atoms with Crippen molar-refractivity contribution in [2.45, 2.75) is 19.9 Å². The number of carbonyl (C=O) groups excluding carboxylic acids is 1. The second-order valence-corrected chi connectivity index (χ2v) is 4.71. The molecule has 1 N–H and O–H groups in total. The summed E-state index contributed by atoms with van der Waals surface area (Å²) in [5.41, 5.74) is 1.84. The highest BCUT2D eigenvalue weighted by molar-refractivity contribution is 5.91. The normalized spacial score (nSPS) is 12.3. The quantitative estimate of drug-likeness (QED) is 0.783. The summed E-state index contributed by atoms with van der Waals surface area (Å²) in [7, 11) is 0. The highest BCUT2D eigenvalue weighted by Gasteiger charge is 2.17. The van der Waals surface area contributed by atoms with Crippen LogP contribution in [0.5, 0.6) is 0 Å². The zero-order chi connectivity index (χ0) is 14.8. The Morgan fingerprint density at radius 2 is 2.00 bits per heavy atom. The lowest BCUT2D eigenvalue weighted by Crippen LogP contribution is -2.27. The van der Waals surface area contributed by atoms with E-state index in [2.05, 4.69) is 25.4 Å². The minimum Gasteiger partial charge on any atom is -0.343 e. The maximum Gasteiger partial charge on any atom is 0.291 e. The molecule has 0 aliphatic heterocycles. The minimum atomic E-state index is -0.329. The van der Waals surface area contributed by atoms with Crippen molar-refractivity contribution in [2.75, 3.05) is 0 Å². The Bertz CT molecular complexity index is 783. The smallest absolute Gasteiger partial charge is 0.291 e. The van der Waals surface area contributed by atoms with Gasteiger partial charge in [0, 0.05) is 24.3 Å². The number of pyridine rings is 1. The number of hydrogen-bond donors (Lipinski definition) is 1. The van der Waals surface area contributed by atoms with Gasteiger partial charge in [0.15, 0.2) is 0 Å². The number of amides is 1. The van der Waals surface area contributed by atoms with Gasteiger partial charge in [-0.3, -0.25) is 9.78 Å². The summed E-state index contributed by atoms with van der Waals surface area (Å²) in [6.07, 6.45) is 5.02. The Kier molecular flexibility index (Phi) is 3.31. The average molecular weight is 282 g/mol. The molecule has 3 heterocycles. The van der Waals surface area contributed by atoms with Crippen LogP contribution in [0.25, 0.3) is 5.78 Å². The predicted octanol–water partition coefficient (Wildman–Crippen LogP) is 1.32. The van der Waals surface area contributed by atoms with Crippen molar-refractivity contribution in [2.24, 2.45) is 0 Å². The van der Waals surface area contributed by atoms with Gasteiger partial charge < -0.3 is 5.32 Å². The van der Waals surface area contributed by atoms with Crippen LogP contribution in [0.15, 0.2) is 36.8 Å². The van der Waals surface area contributed by atoms with Gasteiger partial charge >= 0.3 is 0 Å². The second-order valence-electron chi connectivity index (χ2n) is 4.71. The van der Waals surface area contributed by atoms with Crippen LogP contribution in [0.1, 0.15) is 34.8 Å². The van der Waals surface area contributed by atoms with Crippen molar-refractivity contribution in [3.8, 4) is 0 Å². The average Bonchev–Trinajstić information content (AvgIpc) is 2.94. The highest BCUT2D eigenvalue weighted by Crippen LogP contribution is 2.11. The molecule has 0 saturated heterocycles. The first-order valence-electron chi connectivity index (χ1n) is 6.54. The summed E-state index contributed by atoms with van der Waals surface area (Å²) in [5.74, 6) is 0.193. The Labute approximate surface area is 121 Å². The van der Waals surface area contributed by atoms with Crippen LogP contribution < -0.4 is 5.32 Å². The van der Waals surface area contributed by atoms with Crippen LogP contribution in [0.4, 0.5) is 0 Å². The van der Waals surface area contributed by atoms with Gasteiger partial charge in [-0.05, 0) is 37.6 Å². The van der Waals surface area contributed by atoms with Gasteiger partial charge in [0.05, 0.1) is 6.04 Å². The zero-order valence-corrected chi connectivity index (χ0v) is 11.7. The molecule has 1 unspecified atom stereocenters. The van der Waals surface area contributed by atoms with Gasteiger partial charge in [-0.15, -0.1) is 5.10 Å². The van der Waals surface area contributed by atoms with Crippen LogP contribution in [0.3, 0.4) is 0 Å². The van der Waals surface area contributed by atoms with Crippen molar-refractivity contribution in [1.82, 2.24) is 29.9 Å². The van der Waals surface area contributed by atoms with E-state index >= 15 is 0 Å².